The Balaban J connectivity index is 1.87. The van der Waals surface area contributed by atoms with E-state index >= 15 is 0 Å². The summed E-state index contributed by atoms with van der Waals surface area (Å²) < 4.78 is 38.8. The summed E-state index contributed by atoms with van der Waals surface area (Å²) >= 11 is 1.46. The summed E-state index contributed by atoms with van der Waals surface area (Å²) in [6.07, 6.45) is -2.96. The van der Waals surface area contributed by atoms with Gasteiger partial charge in [0.1, 0.15) is 17.0 Å². The van der Waals surface area contributed by atoms with Gasteiger partial charge in [-0.15, -0.1) is 11.3 Å². The summed E-state index contributed by atoms with van der Waals surface area (Å²) in [7, 11) is 0. The maximum Gasteiger partial charge on any atom is 0.416 e. The lowest BCUT2D eigenvalue weighted by molar-refractivity contribution is -0.138. The Labute approximate surface area is 122 Å². The lowest BCUT2D eigenvalue weighted by atomic mass is 10.1. The average Bonchev–Trinajstić information content (AvgIpc) is 2.93. The molecule has 0 aliphatic heterocycles. The highest BCUT2D eigenvalue weighted by Crippen LogP contribution is 2.32. The van der Waals surface area contributed by atoms with Crippen molar-refractivity contribution in [2.45, 2.75) is 12.7 Å². The SMILES string of the molecule is FC(F)(F)c1ccccc1CNc1ncnc2sccc12. The highest BCUT2D eigenvalue weighted by Gasteiger charge is 2.32. The van der Waals surface area contributed by atoms with Crippen molar-refractivity contribution in [3.05, 3.63) is 53.2 Å². The smallest absolute Gasteiger partial charge is 0.365 e. The number of nitrogens with zero attached hydrogens (tertiary/aromatic N) is 2. The molecular formula is C14H10F3N3S. The van der Waals surface area contributed by atoms with Crippen molar-refractivity contribution in [1.82, 2.24) is 9.97 Å². The molecule has 0 bridgehead atoms. The number of fused-ring (bicyclic) bond motifs is 1. The van der Waals surface area contributed by atoms with Gasteiger partial charge in [-0.05, 0) is 23.1 Å². The van der Waals surface area contributed by atoms with Crippen molar-refractivity contribution in [3.63, 3.8) is 0 Å². The van der Waals surface area contributed by atoms with Gasteiger partial charge in [-0.2, -0.15) is 13.2 Å². The fraction of sp³-hybridized carbons (Fsp3) is 0.143. The van der Waals surface area contributed by atoms with Crippen LogP contribution in [0.2, 0.25) is 0 Å². The van der Waals surface area contributed by atoms with Gasteiger partial charge in [0.25, 0.3) is 0 Å². The molecule has 3 aromatic rings. The van der Waals surface area contributed by atoms with Crippen LogP contribution in [-0.2, 0) is 12.7 Å². The van der Waals surface area contributed by atoms with Gasteiger partial charge in [0, 0.05) is 6.54 Å². The molecule has 0 saturated heterocycles. The Morgan fingerprint density at radius 3 is 2.71 bits per heavy atom. The first-order valence-electron chi connectivity index (χ1n) is 6.13. The van der Waals surface area contributed by atoms with Crippen molar-refractivity contribution in [3.8, 4) is 0 Å². The molecule has 1 N–H and O–H groups in total. The number of thiophene rings is 1. The van der Waals surface area contributed by atoms with Crippen LogP contribution in [0.25, 0.3) is 10.2 Å². The van der Waals surface area contributed by atoms with Crippen LogP contribution in [0.5, 0.6) is 0 Å². The molecule has 0 aliphatic rings. The van der Waals surface area contributed by atoms with E-state index in [1.54, 1.807) is 6.07 Å². The van der Waals surface area contributed by atoms with Crippen LogP contribution in [0.4, 0.5) is 19.0 Å². The largest absolute Gasteiger partial charge is 0.416 e. The van der Waals surface area contributed by atoms with E-state index in [0.29, 0.717) is 5.82 Å². The monoisotopic (exact) mass is 309 g/mol. The highest BCUT2D eigenvalue weighted by atomic mass is 32.1. The molecule has 2 aromatic heterocycles. The molecule has 1 aromatic carbocycles. The van der Waals surface area contributed by atoms with Gasteiger partial charge in [0.15, 0.2) is 0 Å². The van der Waals surface area contributed by atoms with Crippen LogP contribution in [0, 0.1) is 0 Å². The Morgan fingerprint density at radius 1 is 1.10 bits per heavy atom. The van der Waals surface area contributed by atoms with E-state index in [4.69, 9.17) is 0 Å². The third-order valence-corrected chi connectivity index (χ3v) is 3.85. The zero-order valence-electron chi connectivity index (χ0n) is 10.7. The van der Waals surface area contributed by atoms with Gasteiger partial charge in [0.05, 0.1) is 10.9 Å². The molecule has 3 nitrogen and oxygen atoms in total. The molecule has 7 heteroatoms. The predicted molar refractivity (Wildman–Crippen MR) is 76.2 cm³/mol. The molecule has 0 fully saturated rings. The van der Waals surface area contributed by atoms with Crippen LogP contribution in [0.15, 0.2) is 42.0 Å². The maximum absolute atomic E-state index is 12.9. The van der Waals surface area contributed by atoms with E-state index in [0.717, 1.165) is 16.3 Å². The minimum Gasteiger partial charge on any atom is -0.365 e. The predicted octanol–water partition coefficient (Wildman–Crippen LogP) is 4.32. The summed E-state index contributed by atoms with van der Waals surface area (Å²) in [6, 6.07) is 7.36. The first-order valence-corrected chi connectivity index (χ1v) is 7.01. The summed E-state index contributed by atoms with van der Waals surface area (Å²) in [5.74, 6) is 0.540. The quantitative estimate of drug-likeness (QED) is 0.783. The van der Waals surface area contributed by atoms with Crippen LogP contribution in [-0.4, -0.2) is 9.97 Å². The van der Waals surface area contributed by atoms with E-state index in [2.05, 4.69) is 15.3 Å². The van der Waals surface area contributed by atoms with Gasteiger partial charge < -0.3 is 5.32 Å². The Morgan fingerprint density at radius 2 is 1.90 bits per heavy atom. The highest BCUT2D eigenvalue weighted by molar-refractivity contribution is 7.16. The molecule has 108 valence electrons. The molecular weight excluding hydrogens is 299 g/mol. The zero-order valence-corrected chi connectivity index (χ0v) is 11.5. The fourth-order valence-electron chi connectivity index (χ4n) is 2.06. The zero-order chi connectivity index (χ0) is 14.9. The van der Waals surface area contributed by atoms with Gasteiger partial charge in [-0.3, -0.25) is 0 Å². The molecule has 2 heterocycles. The first-order chi connectivity index (χ1) is 10.1. The normalized spacial score (nSPS) is 11.8. The van der Waals surface area contributed by atoms with E-state index < -0.39 is 11.7 Å². The molecule has 3 rings (SSSR count). The number of nitrogens with one attached hydrogen (secondary N) is 1. The molecule has 0 unspecified atom stereocenters. The number of hydrogen-bond donors (Lipinski definition) is 1. The summed E-state index contributed by atoms with van der Waals surface area (Å²) in [5, 5.41) is 5.64. The van der Waals surface area contributed by atoms with Gasteiger partial charge in [-0.1, -0.05) is 18.2 Å². The third-order valence-electron chi connectivity index (χ3n) is 3.03. The van der Waals surface area contributed by atoms with E-state index in [1.165, 1.54) is 29.8 Å². The van der Waals surface area contributed by atoms with Crippen molar-refractivity contribution in [1.29, 1.82) is 0 Å². The van der Waals surface area contributed by atoms with E-state index in [1.807, 2.05) is 11.4 Å². The summed E-state index contributed by atoms with van der Waals surface area (Å²) in [5.41, 5.74) is -0.444. The minimum absolute atomic E-state index is 0.0532. The van der Waals surface area contributed by atoms with E-state index in [9.17, 15) is 13.2 Å². The number of halogens is 3. The van der Waals surface area contributed by atoms with Crippen LogP contribution in [0.3, 0.4) is 0 Å². The number of hydrogen-bond acceptors (Lipinski definition) is 4. The summed E-state index contributed by atoms with van der Waals surface area (Å²) in [6.45, 7) is 0.0532. The van der Waals surface area contributed by atoms with Crippen LogP contribution in [0.1, 0.15) is 11.1 Å². The average molecular weight is 309 g/mol. The number of rotatable bonds is 3. The lowest BCUT2D eigenvalue weighted by Gasteiger charge is -2.13. The molecule has 0 saturated carbocycles. The number of benzene rings is 1. The Kier molecular flexibility index (Phi) is 3.50. The van der Waals surface area contributed by atoms with Gasteiger partial charge in [0.2, 0.25) is 0 Å². The van der Waals surface area contributed by atoms with Crippen molar-refractivity contribution < 1.29 is 13.2 Å². The van der Waals surface area contributed by atoms with Crippen LogP contribution >= 0.6 is 11.3 Å². The minimum atomic E-state index is -4.36. The first kappa shape index (κ1) is 13.8. The second-order valence-corrected chi connectivity index (χ2v) is 5.26. The third kappa shape index (κ3) is 2.82. The van der Waals surface area contributed by atoms with Gasteiger partial charge >= 0.3 is 6.18 Å². The molecule has 0 atom stereocenters. The Hall–Kier alpha value is -2.15. The fourth-order valence-corrected chi connectivity index (χ4v) is 2.79. The lowest BCUT2D eigenvalue weighted by Crippen LogP contribution is -2.12. The standard InChI is InChI=1S/C14H10F3N3S/c15-14(16,17)11-4-2-1-3-9(11)7-18-12-10-5-6-21-13(10)20-8-19-12/h1-6,8H,7H2,(H,18,19,20). The van der Waals surface area contributed by atoms with Crippen molar-refractivity contribution >= 4 is 27.4 Å². The second-order valence-electron chi connectivity index (χ2n) is 4.37. The number of alkyl halides is 3. The number of aromatic nitrogens is 2. The van der Waals surface area contributed by atoms with Gasteiger partial charge in [-0.25, -0.2) is 9.97 Å². The maximum atomic E-state index is 12.9. The van der Waals surface area contributed by atoms with Crippen molar-refractivity contribution in [2.75, 3.05) is 5.32 Å². The molecule has 0 aliphatic carbocycles. The number of anilines is 1. The molecule has 0 spiro atoms. The second kappa shape index (κ2) is 5.33. The molecule has 0 radical (unpaired) electrons. The topological polar surface area (TPSA) is 37.8 Å². The molecule has 21 heavy (non-hydrogen) atoms. The summed E-state index contributed by atoms with van der Waals surface area (Å²) in [4.78, 5) is 8.99. The van der Waals surface area contributed by atoms with Crippen LogP contribution < -0.4 is 5.32 Å². The Bertz CT molecular complexity index is 767. The van der Waals surface area contributed by atoms with Crippen molar-refractivity contribution in [2.24, 2.45) is 0 Å². The molecule has 0 amide bonds. The van der Waals surface area contributed by atoms with E-state index in [-0.39, 0.29) is 12.1 Å².